The van der Waals surface area contributed by atoms with Crippen LogP contribution in [0.2, 0.25) is 0 Å². The summed E-state index contributed by atoms with van der Waals surface area (Å²) in [4.78, 5) is 34.3. The van der Waals surface area contributed by atoms with Gasteiger partial charge in [0, 0.05) is 56.4 Å². The fourth-order valence-corrected chi connectivity index (χ4v) is 4.52. The number of nitrogens with one attached hydrogen (secondary N) is 1. The molecule has 0 aliphatic carbocycles. The number of amides is 2. The minimum absolute atomic E-state index is 0.0607. The lowest BCUT2D eigenvalue weighted by atomic mass is 10.2. The van der Waals surface area contributed by atoms with Gasteiger partial charge in [0.1, 0.15) is 0 Å². The molecule has 27 heavy (non-hydrogen) atoms. The predicted molar refractivity (Wildman–Crippen MR) is 105 cm³/mol. The van der Waals surface area contributed by atoms with Crippen LogP contribution in [0.25, 0.3) is 0 Å². The van der Waals surface area contributed by atoms with Gasteiger partial charge < -0.3 is 10.2 Å². The Bertz CT molecular complexity index is 822. The molecule has 1 aromatic heterocycles. The van der Waals surface area contributed by atoms with Crippen LogP contribution in [0.5, 0.6) is 0 Å². The Kier molecular flexibility index (Phi) is 5.40. The van der Waals surface area contributed by atoms with E-state index in [1.54, 1.807) is 12.4 Å². The Labute approximate surface area is 162 Å². The van der Waals surface area contributed by atoms with Crippen molar-refractivity contribution in [3.05, 3.63) is 54.4 Å². The Hall–Kier alpha value is -2.38. The molecule has 0 radical (unpaired) electrons. The van der Waals surface area contributed by atoms with Gasteiger partial charge in [-0.1, -0.05) is 12.1 Å². The number of anilines is 1. The highest BCUT2D eigenvalue weighted by atomic mass is 32.2. The van der Waals surface area contributed by atoms with E-state index in [1.807, 2.05) is 41.3 Å². The van der Waals surface area contributed by atoms with Gasteiger partial charge in [0.15, 0.2) is 0 Å². The number of nitrogens with zero attached hydrogens (tertiary/aromatic N) is 3. The number of hydrogen-bond acceptors (Lipinski definition) is 5. The number of thioether (sulfide) groups is 1. The first kappa shape index (κ1) is 18.0. The number of aromatic nitrogens is 1. The molecule has 2 aliphatic rings. The lowest BCUT2D eigenvalue weighted by Crippen LogP contribution is -2.49. The van der Waals surface area contributed by atoms with Crippen LogP contribution < -0.4 is 5.32 Å². The first-order chi connectivity index (χ1) is 13.2. The zero-order valence-corrected chi connectivity index (χ0v) is 15.8. The molecule has 140 valence electrons. The van der Waals surface area contributed by atoms with E-state index in [9.17, 15) is 9.59 Å². The summed E-state index contributed by atoms with van der Waals surface area (Å²) in [7, 11) is 0. The van der Waals surface area contributed by atoms with Crippen LogP contribution in [0.3, 0.4) is 0 Å². The molecule has 6 nitrogen and oxygen atoms in total. The maximum absolute atomic E-state index is 12.7. The van der Waals surface area contributed by atoms with E-state index in [4.69, 9.17) is 0 Å². The van der Waals surface area contributed by atoms with Gasteiger partial charge in [-0.05, 0) is 29.8 Å². The van der Waals surface area contributed by atoms with Crippen molar-refractivity contribution in [2.75, 3.05) is 31.5 Å². The van der Waals surface area contributed by atoms with Gasteiger partial charge in [0.25, 0.3) is 0 Å². The van der Waals surface area contributed by atoms with E-state index in [0.29, 0.717) is 13.1 Å². The number of carbonyl (C=O) groups is 2. The molecule has 7 heteroatoms. The highest BCUT2D eigenvalue weighted by Gasteiger charge is 2.31. The fraction of sp³-hybridized carbons (Fsp3) is 0.350. The van der Waals surface area contributed by atoms with Crippen LogP contribution >= 0.6 is 11.8 Å². The highest BCUT2D eigenvalue weighted by Crippen LogP contribution is 2.36. The van der Waals surface area contributed by atoms with E-state index in [1.165, 1.54) is 17.3 Å². The summed E-state index contributed by atoms with van der Waals surface area (Å²) in [6, 6.07) is 11.8. The number of benzene rings is 1. The summed E-state index contributed by atoms with van der Waals surface area (Å²) < 4.78 is 0. The van der Waals surface area contributed by atoms with Gasteiger partial charge in [0.05, 0.1) is 10.9 Å². The topological polar surface area (TPSA) is 65.5 Å². The number of piperazine rings is 1. The SMILES string of the molecule is O=C1Nc2ccccc2SC1CC(=O)N1CCN(Cc2ccncc2)CC1. The van der Waals surface area contributed by atoms with Crippen LogP contribution in [-0.4, -0.2) is 58.0 Å². The summed E-state index contributed by atoms with van der Waals surface area (Å²) in [5, 5.41) is 2.55. The third-order valence-corrected chi connectivity index (χ3v) is 6.22. The zero-order valence-electron chi connectivity index (χ0n) is 15.0. The molecule has 1 aromatic carbocycles. The molecule has 1 fully saturated rings. The average molecular weight is 382 g/mol. The lowest BCUT2D eigenvalue weighted by molar-refractivity contribution is -0.134. The molecule has 2 amide bonds. The maximum Gasteiger partial charge on any atom is 0.238 e. The average Bonchev–Trinajstić information content (AvgIpc) is 2.70. The minimum Gasteiger partial charge on any atom is -0.340 e. The largest absolute Gasteiger partial charge is 0.340 e. The lowest BCUT2D eigenvalue weighted by Gasteiger charge is -2.35. The van der Waals surface area contributed by atoms with Gasteiger partial charge in [-0.3, -0.25) is 19.5 Å². The third kappa shape index (κ3) is 4.31. The van der Waals surface area contributed by atoms with Crippen molar-refractivity contribution < 1.29 is 9.59 Å². The molecule has 0 saturated carbocycles. The van der Waals surface area contributed by atoms with E-state index >= 15 is 0 Å². The zero-order chi connectivity index (χ0) is 18.6. The molecule has 0 spiro atoms. The number of pyridine rings is 1. The second-order valence-electron chi connectivity index (χ2n) is 6.81. The number of para-hydroxylation sites is 1. The molecule has 1 saturated heterocycles. The third-order valence-electron chi connectivity index (χ3n) is 4.95. The molecule has 1 atom stereocenters. The van der Waals surface area contributed by atoms with Crippen molar-refractivity contribution in [3.63, 3.8) is 0 Å². The Balaban J connectivity index is 1.29. The first-order valence-corrected chi connectivity index (χ1v) is 10.0. The highest BCUT2D eigenvalue weighted by molar-refractivity contribution is 8.01. The number of carbonyl (C=O) groups excluding carboxylic acids is 2. The molecule has 4 rings (SSSR count). The van der Waals surface area contributed by atoms with Crippen LogP contribution in [0, 0.1) is 0 Å². The van der Waals surface area contributed by atoms with Crippen molar-refractivity contribution in [1.29, 1.82) is 0 Å². The van der Waals surface area contributed by atoms with E-state index in [0.717, 1.165) is 30.2 Å². The second kappa shape index (κ2) is 8.10. The molecular weight excluding hydrogens is 360 g/mol. The van der Waals surface area contributed by atoms with Crippen molar-refractivity contribution >= 4 is 29.3 Å². The van der Waals surface area contributed by atoms with Crippen LogP contribution in [-0.2, 0) is 16.1 Å². The quantitative estimate of drug-likeness (QED) is 0.878. The normalized spacial score (nSPS) is 20.1. The standard InChI is InChI=1S/C20H22N4O2S/c25-19(13-18-20(26)22-16-3-1-2-4-17(16)27-18)24-11-9-23(10-12-24)14-15-5-7-21-8-6-15/h1-8,18H,9-14H2,(H,22,26). The maximum atomic E-state index is 12.7. The van der Waals surface area contributed by atoms with E-state index in [2.05, 4.69) is 15.2 Å². The minimum atomic E-state index is -0.359. The molecule has 2 aliphatic heterocycles. The number of fused-ring (bicyclic) bond motifs is 1. The Morgan fingerprint density at radius 2 is 1.85 bits per heavy atom. The first-order valence-electron chi connectivity index (χ1n) is 9.14. The van der Waals surface area contributed by atoms with Crippen molar-refractivity contribution in [1.82, 2.24) is 14.8 Å². The summed E-state index contributed by atoms with van der Waals surface area (Å²) >= 11 is 1.48. The molecule has 1 N–H and O–H groups in total. The summed E-state index contributed by atoms with van der Waals surface area (Å²) in [6.07, 6.45) is 3.86. The molecule has 0 bridgehead atoms. The van der Waals surface area contributed by atoms with Gasteiger partial charge in [0.2, 0.25) is 11.8 Å². The predicted octanol–water partition coefficient (Wildman–Crippen LogP) is 2.23. The summed E-state index contributed by atoms with van der Waals surface area (Å²) in [6.45, 7) is 3.99. The molecule has 1 unspecified atom stereocenters. The van der Waals surface area contributed by atoms with Gasteiger partial charge >= 0.3 is 0 Å². The van der Waals surface area contributed by atoms with Crippen LogP contribution in [0.4, 0.5) is 5.69 Å². The number of hydrogen-bond donors (Lipinski definition) is 1. The molecule has 3 heterocycles. The van der Waals surface area contributed by atoms with Crippen molar-refractivity contribution in [2.45, 2.75) is 23.1 Å². The molecule has 2 aromatic rings. The van der Waals surface area contributed by atoms with Crippen LogP contribution in [0.1, 0.15) is 12.0 Å². The number of rotatable bonds is 4. The van der Waals surface area contributed by atoms with Gasteiger partial charge in [-0.25, -0.2) is 0 Å². The summed E-state index contributed by atoms with van der Waals surface area (Å²) in [5.74, 6) is -0.0195. The van der Waals surface area contributed by atoms with E-state index in [-0.39, 0.29) is 23.5 Å². The monoisotopic (exact) mass is 382 g/mol. The van der Waals surface area contributed by atoms with Crippen LogP contribution in [0.15, 0.2) is 53.7 Å². The van der Waals surface area contributed by atoms with Gasteiger partial charge in [-0.15, -0.1) is 11.8 Å². The Morgan fingerprint density at radius 3 is 2.63 bits per heavy atom. The molecular formula is C20H22N4O2S. The van der Waals surface area contributed by atoms with Gasteiger partial charge in [-0.2, -0.15) is 0 Å². The fourth-order valence-electron chi connectivity index (χ4n) is 3.42. The van der Waals surface area contributed by atoms with E-state index < -0.39 is 0 Å². The van der Waals surface area contributed by atoms with Crippen molar-refractivity contribution in [3.8, 4) is 0 Å². The Morgan fingerprint density at radius 1 is 1.11 bits per heavy atom. The smallest absolute Gasteiger partial charge is 0.238 e. The van der Waals surface area contributed by atoms with Crippen molar-refractivity contribution in [2.24, 2.45) is 0 Å². The second-order valence-corrected chi connectivity index (χ2v) is 8.05. The summed E-state index contributed by atoms with van der Waals surface area (Å²) in [5.41, 5.74) is 2.07.